The lowest BCUT2D eigenvalue weighted by molar-refractivity contribution is -0.118. The van der Waals surface area contributed by atoms with Crippen molar-refractivity contribution in [3.05, 3.63) is 0 Å². The molecule has 1 radical (unpaired) electrons. The van der Waals surface area contributed by atoms with Crippen molar-refractivity contribution in [2.45, 2.75) is 4.99 Å². The van der Waals surface area contributed by atoms with Gasteiger partial charge in [-0.05, 0) is 0 Å². The van der Waals surface area contributed by atoms with Gasteiger partial charge in [0.2, 0.25) is 5.91 Å². The third-order valence-corrected chi connectivity index (χ3v) is 2.96. The number of carbonyl (C=O) groups excluding carboxylic acids is 2. The van der Waals surface area contributed by atoms with Gasteiger partial charge >= 0.3 is 0 Å². The lowest BCUT2D eigenvalue weighted by atomic mass is 10.6. The van der Waals surface area contributed by atoms with E-state index in [-0.39, 0.29) is 6.54 Å². The second kappa shape index (κ2) is 2.53. The maximum absolute atomic E-state index is 11.0. The zero-order valence-electron chi connectivity index (χ0n) is 6.25. The Morgan fingerprint density at radius 1 is 1.58 bits per heavy atom. The average Bonchev–Trinajstić information content (AvgIpc) is 2.31. The van der Waals surface area contributed by atoms with Crippen molar-refractivity contribution in [1.82, 2.24) is 10.6 Å². The van der Waals surface area contributed by atoms with Crippen molar-refractivity contribution in [2.24, 2.45) is 0 Å². The average molecular weight is 191 g/mol. The number of hydrogen-bond donors (Lipinski definition) is 2. The first-order valence-corrected chi connectivity index (χ1v) is 4.95. The fourth-order valence-corrected chi connectivity index (χ4v) is 1.64. The van der Waals surface area contributed by atoms with Crippen molar-refractivity contribution in [3.63, 3.8) is 0 Å². The van der Waals surface area contributed by atoms with Crippen LogP contribution in [0.3, 0.4) is 0 Å². The molecule has 0 aromatic heterocycles. The molecule has 1 aliphatic rings. The van der Waals surface area contributed by atoms with Crippen molar-refractivity contribution in [3.8, 4) is 0 Å². The number of hydrogen-bond acceptors (Lipinski definition) is 5. The molecule has 12 heavy (non-hydrogen) atoms. The van der Waals surface area contributed by atoms with E-state index in [0.717, 1.165) is 6.26 Å². The van der Waals surface area contributed by atoms with E-state index in [2.05, 4.69) is 5.32 Å². The molecule has 1 unspecified atom stereocenters. The first kappa shape index (κ1) is 9.14. The van der Waals surface area contributed by atoms with Gasteiger partial charge in [0.15, 0.2) is 9.84 Å². The minimum Gasteiger partial charge on any atom is -0.317 e. The van der Waals surface area contributed by atoms with Gasteiger partial charge in [0.05, 0.1) is 6.54 Å². The molecule has 1 aliphatic heterocycles. The van der Waals surface area contributed by atoms with Crippen molar-refractivity contribution in [2.75, 3.05) is 12.8 Å². The molecule has 0 bridgehead atoms. The Hall–Kier alpha value is -0.950. The van der Waals surface area contributed by atoms with E-state index in [1.807, 2.05) is 5.32 Å². The monoisotopic (exact) mass is 191 g/mol. The van der Waals surface area contributed by atoms with Crippen LogP contribution in [0, 0.1) is 0 Å². The van der Waals surface area contributed by atoms with Gasteiger partial charge in [-0.25, -0.2) is 8.42 Å². The molecular weight excluding hydrogens is 184 g/mol. The highest BCUT2D eigenvalue weighted by molar-refractivity contribution is 7.92. The molecule has 0 aromatic rings. The van der Waals surface area contributed by atoms with Crippen LogP contribution in [0.5, 0.6) is 0 Å². The van der Waals surface area contributed by atoms with Crippen LogP contribution in [0.25, 0.3) is 0 Å². The Kier molecular flexibility index (Phi) is 1.92. The third-order valence-electron chi connectivity index (χ3n) is 1.51. The van der Waals surface area contributed by atoms with E-state index >= 15 is 0 Å². The summed E-state index contributed by atoms with van der Waals surface area (Å²) in [6.45, 7) is -0.192. The molecule has 0 saturated carbocycles. The van der Waals surface area contributed by atoms with Crippen molar-refractivity contribution >= 4 is 22.0 Å². The molecule has 67 valence electrons. The highest BCUT2D eigenvalue weighted by Gasteiger charge is 2.47. The summed E-state index contributed by atoms with van der Waals surface area (Å²) in [5.74, 6) is -0.538. The van der Waals surface area contributed by atoms with Gasteiger partial charge in [0.1, 0.15) is 0 Å². The first-order valence-electron chi connectivity index (χ1n) is 3.06. The summed E-state index contributed by atoms with van der Waals surface area (Å²) in [6.07, 6.45) is 2.11. The molecule has 6 nitrogen and oxygen atoms in total. The van der Waals surface area contributed by atoms with Gasteiger partial charge in [-0.15, -0.1) is 0 Å². The standard InChI is InChI=1S/C5H7N2O4S/c1-12(10,11)5(3-8)6-2-4(9)7-5/h6H,2H2,1H3,(H,7,9). The zero-order chi connectivity index (χ0) is 9.41. The van der Waals surface area contributed by atoms with Crippen LogP contribution in [0.15, 0.2) is 0 Å². The summed E-state index contributed by atoms with van der Waals surface area (Å²) in [6, 6.07) is 0. The Bertz CT molecular complexity index is 322. The van der Waals surface area contributed by atoms with Crippen LogP contribution < -0.4 is 10.6 Å². The molecule has 1 atom stereocenters. The minimum absolute atomic E-state index is 0.192. The van der Waals surface area contributed by atoms with Gasteiger partial charge in [0.25, 0.3) is 11.3 Å². The maximum Gasteiger partial charge on any atom is 0.263 e. The van der Waals surface area contributed by atoms with E-state index < -0.39 is 20.7 Å². The number of nitrogens with one attached hydrogen (secondary N) is 2. The van der Waals surface area contributed by atoms with Crippen LogP contribution in [0.2, 0.25) is 0 Å². The molecule has 1 rings (SSSR count). The maximum atomic E-state index is 11.0. The van der Waals surface area contributed by atoms with E-state index in [1.54, 1.807) is 0 Å². The third kappa shape index (κ3) is 1.21. The van der Waals surface area contributed by atoms with Crippen LogP contribution >= 0.6 is 0 Å². The van der Waals surface area contributed by atoms with Crippen LogP contribution in [0.4, 0.5) is 0 Å². The fraction of sp³-hybridized carbons (Fsp3) is 0.600. The van der Waals surface area contributed by atoms with E-state index in [0.29, 0.717) is 0 Å². The summed E-state index contributed by atoms with van der Waals surface area (Å²) in [7, 11) is -3.71. The Morgan fingerprint density at radius 2 is 2.17 bits per heavy atom. The summed E-state index contributed by atoms with van der Waals surface area (Å²) >= 11 is 0. The van der Waals surface area contributed by atoms with Gasteiger partial charge in [0, 0.05) is 6.26 Å². The normalized spacial score (nSPS) is 29.9. The van der Waals surface area contributed by atoms with Gasteiger partial charge in [-0.1, -0.05) is 0 Å². The first-order chi connectivity index (χ1) is 5.41. The van der Waals surface area contributed by atoms with Gasteiger partial charge in [-0.3, -0.25) is 14.9 Å². The Balaban J connectivity index is 3.10. The van der Waals surface area contributed by atoms with E-state index in [9.17, 15) is 18.0 Å². The summed E-state index contributed by atoms with van der Waals surface area (Å²) < 4.78 is 22.0. The van der Waals surface area contributed by atoms with Crippen molar-refractivity contribution in [1.29, 1.82) is 0 Å². The Labute approximate surface area is 69.2 Å². The highest BCUT2D eigenvalue weighted by Crippen LogP contribution is 2.09. The van der Waals surface area contributed by atoms with Gasteiger partial charge < -0.3 is 5.32 Å². The minimum atomic E-state index is -3.71. The molecule has 2 N–H and O–H groups in total. The molecule has 1 fully saturated rings. The number of rotatable bonds is 2. The van der Waals surface area contributed by atoms with Crippen LogP contribution in [0.1, 0.15) is 0 Å². The SMILES string of the molecule is CS(=O)(=O)C1([C]=O)NCC(=O)N1. The summed E-state index contributed by atoms with van der Waals surface area (Å²) in [5.41, 5.74) is 0. The second-order valence-electron chi connectivity index (χ2n) is 2.46. The lowest BCUT2D eigenvalue weighted by Crippen LogP contribution is -2.57. The lowest BCUT2D eigenvalue weighted by Gasteiger charge is -2.18. The molecular formula is C5H7N2O4S. The Morgan fingerprint density at radius 3 is 2.33 bits per heavy atom. The molecule has 0 spiro atoms. The topological polar surface area (TPSA) is 92.3 Å². The summed E-state index contributed by atoms with van der Waals surface area (Å²) in [5, 5.41) is 4.23. The molecule has 1 saturated heterocycles. The van der Waals surface area contributed by atoms with Gasteiger partial charge in [-0.2, -0.15) is 0 Å². The van der Waals surface area contributed by atoms with Crippen LogP contribution in [-0.4, -0.2) is 38.4 Å². The molecule has 0 aromatic carbocycles. The van der Waals surface area contributed by atoms with E-state index in [1.165, 1.54) is 6.29 Å². The number of sulfone groups is 1. The second-order valence-corrected chi connectivity index (χ2v) is 4.61. The zero-order valence-corrected chi connectivity index (χ0v) is 7.06. The quantitative estimate of drug-likeness (QED) is 0.504. The highest BCUT2D eigenvalue weighted by atomic mass is 32.2. The molecule has 0 aliphatic carbocycles. The largest absolute Gasteiger partial charge is 0.317 e. The summed E-state index contributed by atoms with van der Waals surface area (Å²) in [4.78, 5) is 18.9. The predicted molar refractivity (Wildman–Crippen MR) is 39.4 cm³/mol. The number of amides is 1. The smallest absolute Gasteiger partial charge is 0.263 e. The molecule has 1 heterocycles. The molecule has 7 heteroatoms. The van der Waals surface area contributed by atoms with Crippen molar-refractivity contribution < 1.29 is 18.0 Å². The predicted octanol–water partition coefficient (Wildman–Crippen LogP) is -2.49. The van der Waals surface area contributed by atoms with E-state index in [4.69, 9.17) is 0 Å². The fourth-order valence-electron chi connectivity index (χ4n) is 0.851. The van der Waals surface area contributed by atoms with Crippen LogP contribution in [-0.2, 0) is 19.4 Å². The molecule has 1 amide bonds. The number of carbonyl (C=O) groups is 1.